The topological polar surface area (TPSA) is 55.4 Å². The largest absolute Gasteiger partial charge is 0.467 e. The van der Waals surface area contributed by atoms with Gasteiger partial charge in [-0.2, -0.15) is 0 Å². The van der Waals surface area contributed by atoms with Crippen molar-refractivity contribution < 1.29 is 14.3 Å². The number of benzene rings is 1. The van der Waals surface area contributed by atoms with Crippen LogP contribution in [0.2, 0.25) is 0 Å². The van der Waals surface area contributed by atoms with Crippen molar-refractivity contribution in [1.82, 2.24) is 5.32 Å². The normalized spacial score (nSPS) is 16.8. The number of hydrogen-bond donors (Lipinski definition) is 1. The molecule has 0 spiro atoms. The quantitative estimate of drug-likeness (QED) is 0.851. The Labute approximate surface area is 132 Å². The fourth-order valence-electron chi connectivity index (χ4n) is 2.95. The van der Waals surface area contributed by atoms with Crippen molar-refractivity contribution in [2.24, 2.45) is 5.92 Å². The fourth-order valence-corrected chi connectivity index (χ4v) is 2.95. The van der Waals surface area contributed by atoms with Crippen LogP contribution in [0.4, 0.5) is 0 Å². The predicted octanol–water partition coefficient (Wildman–Crippen LogP) is 2.78. The summed E-state index contributed by atoms with van der Waals surface area (Å²) in [5.74, 6) is -0.356. The molecular weight excluding hydrogens is 278 g/mol. The van der Waals surface area contributed by atoms with Gasteiger partial charge in [0, 0.05) is 12.3 Å². The van der Waals surface area contributed by atoms with Crippen LogP contribution in [0.15, 0.2) is 24.3 Å². The van der Waals surface area contributed by atoms with E-state index >= 15 is 0 Å². The molecule has 0 saturated heterocycles. The van der Waals surface area contributed by atoms with Crippen LogP contribution >= 0.6 is 0 Å². The van der Waals surface area contributed by atoms with Crippen LogP contribution < -0.4 is 5.32 Å². The van der Waals surface area contributed by atoms with Crippen molar-refractivity contribution in [3.63, 3.8) is 0 Å². The molecule has 120 valence electrons. The van der Waals surface area contributed by atoms with Crippen LogP contribution in [0, 0.1) is 12.8 Å². The molecule has 4 heteroatoms. The molecule has 4 nitrogen and oxygen atoms in total. The maximum atomic E-state index is 12.4. The number of rotatable bonds is 5. The van der Waals surface area contributed by atoms with E-state index in [2.05, 4.69) is 5.32 Å². The van der Waals surface area contributed by atoms with Crippen molar-refractivity contribution in [1.29, 1.82) is 0 Å². The lowest BCUT2D eigenvalue weighted by molar-refractivity contribution is -0.145. The van der Waals surface area contributed by atoms with Gasteiger partial charge in [-0.1, -0.05) is 49.1 Å². The third-order valence-electron chi connectivity index (χ3n) is 4.34. The average molecular weight is 303 g/mol. The van der Waals surface area contributed by atoms with Gasteiger partial charge in [-0.3, -0.25) is 4.79 Å². The number of ether oxygens (including phenoxy) is 1. The molecule has 0 heterocycles. The van der Waals surface area contributed by atoms with Gasteiger partial charge in [-0.05, 0) is 25.3 Å². The van der Waals surface area contributed by atoms with E-state index in [1.807, 2.05) is 31.2 Å². The van der Waals surface area contributed by atoms with Crippen molar-refractivity contribution in [2.75, 3.05) is 7.11 Å². The Kier molecular flexibility index (Phi) is 5.99. The Balaban J connectivity index is 2.00. The Morgan fingerprint density at radius 1 is 1.18 bits per heavy atom. The van der Waals surface area contributed by atoms with Gasteiger partial charge in [0.05, 0.1) is 7.11 Å². The van der Waals surface area contributed by atoms with Gasteiger partial charge < -0.3 is 10.1 Å². The number of aryl methyl sites for hydroxylation is 1. The van der Waals surface area contributed by atoms with Crippen LogP contribution in [0.5, 0.6) is 0 Å². The first-order valence-corrected chi connectivity index (χ1v) is 8.04. The molecule has 0 radical (unpaired) electrons. The van der Waals surface area contributed by atoms with Crippen LogP contribution in [0.3, 0.4) is 0 Å². The molecule has 1 aromatic carbocycles. The molecule has 1 fully saturated rings. The van der Waals surface area contributed by atoms with Gasteiger partial charge >= 0.3 is 5.97 Å². The van der Waals surface area contributed by atoms with E-state index < -0.39 is 6.04 Å². The maximum absolute atomic E-state index is 12.4. The summed E-state index contributed by atoms with van der Waals surface area (Å²) < 4.78 is 4.84. The van der Waals surface area contributed by atoms with Crippen LogP contribution in [0.1, 0.15) is 43.2 Å². The second-order valence-corrected chi connectivity index (χ2v) is 6.11. The minimum absolute atomic E-state index is 0.0118. The number of nitrogens with one attached hydrogen (secondary N) is 1. The van der Waals surface area contributed by atoms with Gasteiger partial charge in [0.1, 0.15) is 6.04 Å². The van der Waals surface area contributed by atoms with E-state index in [1.54, 1.807) is 0 Å². The molecule has 0 unspecified atom stereocenters. The summed E-state index contributed by atoms with van der Waals surface area (Å²) in [5.41, 5.74) is 2.19. The van der Waals surface area contributed by atoms with E-state index in [9.17, 15) is 9.59 Å². The predicted molar refractivity (Wildman–Crippen MR) is 85.4 cm³/mol. The molecule has 0 bridgehead atoms. The highest BCUT2D eigenvalue weighted by molar-refractivity contribution is 5.86. The first-order valence-electron chi connectivity index (χ1n) is 8.04. The first kappa shape index (κ1) is 16.5. The minimum Gasteiger partial charge on any atom is -0.467 e. The maximum Gasteiger partial charge on any atom is 0.328 e. The highest BCUT2D eigenvalue weighted by Gasteiger charge is 2.27. The molecule has 1 aliphatic rings. The Hall–Kier alpha value is -1.84. The number of amides is 1. The zero-order valence-electron chi connectivity index (χ0n) is 13.4. The molecule has 1 saturated carbocycles. The Morgan fingerprint density at radius 2 is 1.82 bits per heavy atom. The number of hydrogen-bond acceptors (Lipinski definition) is 3. The number of carbonyl (C=O) groups is 2. The number of esters is 1. The molecule has 1 aromatic rings. The average Bonchev–Trinajstić information content (AvgIpc) is 2.56. The highest BCUT2D eigenvalue weighted by Crippen LogP contribution is 2.24. The smallest absolute Gasteiger partial charge is 0.328 e. The molecule has 1 atom stereocenters. The minimum atomic E-state index is -0.609. The van der Waals surface area contributed by atoms with Crippen molar-refractivity contribution in [3.8, 4) is 0 Å². The molecule has 22 heavy (non-hydrogen) atoms. The zero-order chi connectivity index (χ0) is 15.9. The van der Waals surface area contributed by atoms with E-state index in [1.165, 1.54) is 19.1 Å². The summed E-state index contributed by atoms with van der Waals surface area (Å²) in [6, 6.07) is 7.37. The SMILES string of the molecule is COC(=O)[C@@H](Cc1ccc(C)cc1)NC(=O)C1CCCCC1. The summed E-state index contributed by atoms with van der Waals surface area (Å²) >= 11 is 0. The van der Waals surface area contributed by atoms with Crippen LogP contribution in [-0.4, -0.2) is 25.0 Å². The highest BCUT2D eigenvalue weighted by atomic mass is 16.5. The third-order valence-corrected chi connectivity index (χ3v) is 4.34. The van der Waals surface area contributed by atoms with Crippen molar-refractivity contribution in [2.45, 2.75) is 51.5 Å². The summed E-state index contributed by atoms with van der Waals surface area (Å²) in [6.07, 6.45) is 5.70. The number of methoxy groups -OCH3 is 1. The van der Waals surface area contributed by atoms with E-state index in [0.29, 0.717) is 6.42 Å². The van der Waals surface area contributed by atoms with Gasteiger partial charge in [0.15, 0.2) is 0 Å². The zero-order valence-corrected chi connectivity index (χ0v) is 13.4. The Bertz CT molecular complexity index is 504. The fraction of sp³-hybridized carbons (Fsp3) is 0.556. The molecule has 0 aromatic heterocycles. The lowest BCUT2D eigenvalue weighted by Crippen LogP contribution is -2.45. The molecule has 1 amide bonds. The monoisotopic (exact) mass is 303 g/mol. The second kappa shape index (κ2) is 7.97. The molecular formula is C18H25NO3. The van der Waals surface area contributed by atoms with Gasteiger partial charge in [-0.25, -0.2) is 4.79 Å². The second-order valence-electron chi connectivity index (χ2n) is 6.11. The summed E-state index contributed by atoms with van der Waals surface area (Å²) in [6.45, 7) is 2.02. The molecule has 0 aliphatic heterocycles. The van der Waals surface area contributed by atoms with Crippen molar-refractivity contribution in [3.05, 3.63) is 35.4 Å². The van der Waals surface area contributed by atoms with Crippen molar-refractivity contribution >= 4 is 11.9 Å². The molecule has 2 rings (SSSR count). The Morgan fingerprint density at radius 3 is 2.41 bits per heavy atom. The first-order chi connectivity index (χ1) is 10.6. The molecule has 1 N–H and O–H groups in total. The van der Waals surface area contributed by atoms with Gasteiger partial charge in [0.2, 0.25) is 5.91 Å². The molecule has 1 aliphatic carbocycles. The van der Waals surface area contributed by atoms with Crippen LogP contribution in [-0.2, 0) is 20.7 Å². The van der Waals surface area contributed by atoms with E-state index in [4.69, 9.17) is 4.74 Å². The van der Waals surface area contributed by atoms with E-state index in [-0.39, 0.29) is 17.8 Å². The van der Waals surface area contributed by atoms with Gasteiger partial charge in [-0.15, -0.1) is 0 Å². The summed E-state index contributed by atoms with van der Waals surface area (Å²) in [7, 11) is 1.36. The summed E-state index contributed by atoms with van der Waals surface area (Å²) in [5, 5.41) is 2.89. The summed E-state index contributed by atoms with van der Waals surface area (Å²) in [4.78, 5) is 24.3. The van der Waals surface area contributed by atoms with Gasteiger partial charge in [0.25, 0.3) is 0 Å². The standard InChI is InChI=1S/C18H25NO3/c1-13-8-10-14(11-9-13)12-16(18(21)22-2)19-17(20)15-6-4-3-5-7-15/h8-11,15-16H,3-7,12H2,1-2H3,(H,19,20)/t16-/m1/s1. The van der Waals surface area contributed by atoms with Crippen LogP contribution in [0.25, 0.3) is 0 Å². The third kappa shape index (κ3) is 4.58. The lowest BCUT2D eigenvalue weighted by atomic mass is 9.88. The number of carbonyl (C=O) groups excluding carboxylic acids is 2. The lowest BCUT2D eigenvalue weighted by Gasteiger charge is -2.24. The van der Waals surface area contributed by atoms with E-state index in [0.717, 1.165) is 31.2 Å².